The fourth-order valence-corrected chi connectivity index (χ4v) is 0.609. The van der Waals surface area contributed by atoms with Gasteiger partial charge in [-0.15, -0.1) is 0 Å². The summed E-state index contributed by atoms with van der Waals surface area (Å²) >= 11 is 0. The molecule has 0 fully saturated rings. The average molecular weight is 255 g/mol. The summed E-state index contributed by atoms with van der Waals surface area (Å²) in [6, 6.07) is 0. The summed E-state index contributed by atoms with van der Waals surface area (Å²) in [7, 11) is -4.71. The van der Waals surface area contributed by atoms with Gasteiger partial charge in [0.25, 0.3) is 0 Å². The average Bonchev–Trinajstić information content (AvgIpc) is 1.95. The quantitative estimate of drug-likeness (QED) is 0.175. The van der Waals surface area contributed by atoms with Crippen molar-refractivity contribution >= 4 is 13.5 Å². The van der Waals surface area contributed by atoms with Crippen LogP contribution in [0.5, 0.6) is 0 Å². The predicted molar refractivity (Wildman–Crippen MR) is 37.0 cm³/mol. The van der Waals surface area contributed by atoms with Crippen LogP contribution in [0.25, 0.3) is 0 Å². The van der Waals surface area contributed by atoms with Crippen molar-refractivity contribution in [2.45, 2.75) is 6.92 Å². The summed E-state index contributed by atoms with van der Waals surface area (Å²) in [5.41, 5.74) is 0. The number of carbonyl (C=O) groups excluding carboxylic acids is 1. The predicted octanol–water partition coefficient (Wildman–Crippen LogP) is -7.41. The standard InChI is InChI=1S/C5H10NO6P.2Na/c1-5(7)6(8)2-3-12-4-13(9,10)11;;/h2-3,8H,4H2,1H3,(H2,9,10,11);;/q;2*+1/p-2. The van der Waals surface area contributed by atoms with Crippen LogP contribution in [0.3, 0.4) is 0 Å². The summed E-state index contributed by atoms with van der Waals surface area (Å²) in [6.07, 6.45) is 0.483. The van der Waals surface area contributed by atoms with Crippen molar-refractivity contribution in [1.82, 2.24) is 5.06 Å². The minimum absolute atomic E-state index is 0. The van der Waals surface area contributed by atoms with Crippen LogP contribution in [0.15, 0.2) is 12.5 Å². The summed E-state index contributed by atoms with van der Waals surface area (Å²) in [6.45, 7) is 1.08. The molecule has 0 atom stereocenters. The smallest absolute Gasteiger partial charge is 0.808 e. The summed E-state index contributed by atoms with van der Waals surface area (Å²) in [4.78, 5) is 30.3. The van der Waals surface area contributed by atoms with Gasteiger partial charge >= 0.3 is 59.1 Å². The number of carbonyl (C=O) groups is 1. The minimum Gasteiger partial charge on any atom is -0.808 e. The zero-order chi connectivity index (χ0) is 10.5. The Kier molecular flexibility index (Phi) is 14.7. The first-order valence-electron chi connectivity index (χ1n) is 3.11. The first-order chi connectivity index (χ1) is 5.83. The summed E-state index contributed by atoms with van der Waals surface area (Å²) < 4.78 is 14.2. The van der Waals surface area contributed by atoms with E-state index in [1.54, 1.807) is 0 Å². The van der Waals surface area contributed by atoms with Gasteiger partial charge in [-0.05, 0) is 7.60 Å². The molecular formula is C5H8NNa2O6P. The van der Waals surface area contributed by atoms with Gasteiger partial charge in [-0.1, -0.05) is 0 Å². The first-order valence-corrected chi connectivity index (χ1v) is 4.84. The van der Waals surface area contributed by atoms with E-state index in [-0.39, 0.29) is 64.2 Å². The Labute approximate surface area is 131 Å². The Bertz CT molecular complexity index is 254. The van der Waals surface area contributed by atoms with Crippen LogP contribution in [-0.2, 0) is 14.1 Å². The monoisotopic (exact) mass is 255 g/mol. The molecule has 0 aliphatic heterocycles. The Morgan fingerprint density at radius 1 is 1.53 bits per heavy atom. The molecule has 0 bridgehead atoms. The minimum atomic E-state index is -4.71. The first kappa shape index (κ1) is 21.4. The number of rotatable bonds is 4. The maximum Gasteiger partial charge on any atom is 1.00 e. The van der Waals surface area contributed by atoms with Gasteiger partial charge in [0.2, 0.25) is 5.91 Å². The van der Waals surface area contributed by atoms with E-state index in [4.69, 9.17) is 5.21 Å². The van der Waals surface area contributed by atoms with Gasteiger partial charge < -0.3 is 19.1 Å². The van der Waals surface area contributed by atoms with E-state index in [9.17, 15) is 19.1 Å². The van der Waals surface area contributed by atoms with E-state index in [0.717, 1.165) is 19.4 Å². The molecule has 0 radical (unpaired) electrons. The molecule has 1 amide bonds. The van der Waals surface area contributed by atoms with Crippen molar-refractivity contribution in [3.63, 3.8) is 0 Å². The van der Waals surface area contributed by atoms with E-state index in [2.05, 4.69) is 4.74 Å². The van der Waals surface area contributed by atoms with Crippen LogP contribution in [0.2, 0.25) is 0 Å². The Morgan fingerprint density at radius 2 is 2.00 bits per heavy atom. The molecule has 0 aromatic heterocycles. The molecule has 0 aliphatic rings. The van der Waals surface area contributed by atoms with Crippen molar-refractivity contribution in [3.05, 3.63) is 12.5 Å². The molecule has 76 valence electrons. The fraction of sp³-hybridized carbons (Fsp3) is 0.400. The van der Waals surface area contributed by atoms with Crippen molar-refractivity contribution in [2.75, 3.05) is 6.35 Å². The number of hydrogen-bond donors (Lipinski definition) is 1. The maximum atomic E-state index is 10.3. The summed E-state index contributed by atoms with van der Waals surface area (Å²) in [5, 5.41) is 8.83. The van der Waals surface area contributed by atoms with Crippen LogP contribution in [0.4, 0.5) is 0 Å². The van der Waals surface area contributed by atoms with Gasteiger partial charge in [0.05, 0.1) is 6.20 Å². The number of ether oxygens (including phenoxy) is 1. The molecule has 15 heavy (non-hydrogen) atoms. The molecule has 0 aromatic carbocycles. The SMILES string of the molecule is CC(=O)N(O)C=COCP(=O)([O-])[O-].[Na+].[Na+]. The van der Waals surface area contributed by atoms with E-state index < -0.39 is 19.9 Å². The Morgan fingerprint density at radius 3 is 2.33 bits per heavy atom. The van der Waals surface area contributed by atoms with Crippen LogP contribution in [0, 0.1) is 0 Å². The third-order valence-electron chi connectivity index (χ3n) is 0.854. The number of nitrogens with zero attached hydrogens (tertiary/aromatic N) is 1. The zero-order valence-electron chi connectivity index (χ0n) is 8.74. The van der Waals surface area contributed by atoms with Crippen LogP contribution < -0.4 is 68.9 Å². The molecule has 0 saturated carbocycles. The van der Waals surface area contributed by atoms with Gasteiger partial charge in [-0.25, -0.2) is 0 Å². The molecular weight excluding hydrogens is 247 g/mol. The number of amides is 1. The van der Waals surface area contributed by atoms with E-state index in [0.29, 0.717) is 0 Å². The van der Waals surface area contributed by atoms with Crippen LogP contribution >= 0.6 is 7.60 Å². The normalized spacial score (nSPS) is 10.1. The molecule has 0 heterocycles. The second-order valence-corrected chi connectivity index (χ2v) is 3.54. The van der Waals surface area contributed by atoms with E-state index in [1.807, 2.05) is 0 Å². The molecule has 0 saturated heterocycles. The largest absolute Gasteiger partial charge is 1.00 e. The molecule has 10 heteroatoms. The fourth-order valence-electron chi connectivity index (χ4n) is 0.340. The molecule has 0 spiro atoms. The zero-order valence-corrected chi connectivity index (χ0v) is 13.6. The van der Waals surface area contributed by atoms with Crippen molar-refractivity contribution in [1.29, 1.82) is 0 Å². The van der Waals surface area contributed by atoms with Crippen LogP contribution in [0.1, 0.15) is 6.92 Å². The van der Waals surface area contributed by atoms with E-state index in [1.165, 1.54) is 0 Å². The van der Waals surface area contributed by atoms with Gasteiger partial charge in [0.15, 0.2) is 0 Å². The van der Waals surface area contributed by atoms with E-state index >= 15 is 0 Å². The van der Waals surface area contributed by atoms with Gasteiger partial charge in [-0.3, -0.25) is 10.0 Å². The topological polar surface area (TPSA) is 113 Å². The van der Waals surface area contributed by atoms with Gasteiger partial charge in [-0.2, -0.15) is 5.06 Å². The third-order valence-corrected chi connectivity index (χ3v) is 1.32. The molecule has 1 N–H and O–H groups in total. The van der Waals surface area contributed by atoms with Crippen molar-refractivity contribution < 1.29 is 88.2 Å². The molecule has 0 unspecified atom stereocenters. The third kappa shape index (κ3) is 15.1. The van der Waals surface area contributed by atoms with Crippen molar-refractivity contribution in [2.24, 2.45) is 0 Å². The molecule has 0 aliphatic carbocycles. The second-order valence-electron chi connectivity index (χ2n) is 2.06. The number of hydroxylamine groups is 2. The Balaban J connectivity index is -0.000000720. The summed E-state index contributed by atoms with van der Waals surface area (Å²) in [5.74, 6) is -0.674. The van der Waals surface area contributed by atoms with Crippen LogP contribution in [-0.4, -0.2) is 22.5 Å². The Hall–Kier alpha value is 1.12. The van der Waals surface area contributed by atoms with Gasteiger partial charge in [0.1, 0.15) is 12.6 Å². The maximum absolute atomic E-state index is 10.3. The van der Waals surface area contributed by atoms with Gasteiger partial charge in [0, 0.05) is 6.92 Å². The molecule has 7 nitrogen and oxygen atoms in total. The second kappa shape index (κ2) is 10.3. The van der Waals surface area contributed by atoms with Crippen molar-refractivity contribution in [3.8, 4) is 0 Å². The number of hydrogen-bond acceptors (Lipinski definition) is 6. The molecule has 0 aromatic rings. The molecule has 0 rings (SSSR count).